The first-order valence-electron chi connectivity index (χ1n) is 9.78. The van der Waals surface area contributed by atoms with E-state index in [1.54, 1.807) is 29.2 Å². The number of nitrogens with zero attached hydrogens (tertiary/aromatic N) is 4. The second kappa shape index (κ2) is 6.28. The molecule has 1 atom stereocenters. The van der Waals surface area contributed by atoms with E-state index in [2.05, 4.69) is 10.1 Å². The van der Waals surface area contributed by atoms with E-state index < -0.39 is 5.92 Å². The van der Waals surface area contributed by atoms with Crippen molar-refractivity contribution in [3.05, 3.63) is 71.6 Å². The first-order valence-corrected chi connectivity index (χ1v) is 9.78. The summed E-state index contributed by atoms with van der Waals surface area (Å²) >= 11 is 0. The van der Waals surface area contributed by atoms with Gasteiger partial charge in [0.15, 0.2) is 17.3 Å². The van der Waals surface area contributed by atoms with E-state index in [4.69, 9.17) is 19.9 Å². The topological polar surface area (TPSA) is 109 Å². The minimum atomic E-state index is -0.425. The predicted octanol–water partition coefficient (Wildman–Crippen LogP) is 3.50. The molecule has 0 saturated heterocycles. The Morgan fingerprint density at radius 3 is 2.80 bits per heavy atom. The van der Waals surface area contributed by atoms with Crippen LogP contribution in [0.3, 0.4) is 0 Å². The number of allylic oxidation sites excluding steroid dienone is 2. The van der Waals surface area contributed by atoms with Crippen molar-refractivity contribution in [3.8, 4) is 17.3 Å². The minimum Gasteiger partial charge on any atom is -0.468 e. The maximum Gasteiger partial charge on any atom is 0.228 e. The summed E-state index contributed by atoms with van der Waals surface area (Å²) < 4.78 is 13.4. The van der Waals surface area contributed by atoms with Crippen LogP contribution in [0.2, 0.25) is 0 Å². The predicted molar refractivity (Wildman–Crippen MR) is 108 cm³/mol. The molecule has 1 aliphatic heterocycles. The number of furan rings is 1. The smallest absolute Gasteiger partial charge is 0.228 e. The standard InChI is InChI=1S/C22H17N5O3/c23-13-8-6-12(7-9-13)20-25-21-19-18(15-5-2-10-29-15)17-14(28)3-1-4-16(17)30-22(19)24-11-27(21)26-20/h2,5-11,18H,1,3-4,23H2. The summed E-state index contributed by atoms with van der Waals surface area (Å²) in [5, 5.41) is 4.57. The Balaban J connectivity index is 1.59. The van der Waals surface area contributed by atoms with Gasteiger partial charge in [0.1, 0.15) is 17.8 Å². The third-order valence-corrected chi connectivity index (χ3v) is 5.59. The molecule has 2 N–H and O–H groups in total. The highest BCUT2D eigenvalue weighted by Gasteiger charge is 2.40. The maximum atomic E-state index is 12.9. The lowest BCUT2D eigenvalue weighted by Gasteiger charge is -2.30. The van der Waals surface area contributed by atoms with Gasteiger partial charge < -0.3 is 14.9 Å². The molecule has 4 heterocycles. The molecule has 0 spiro atoms. The van der Waals surface area contributed by atoms with E-state index in [-0.39, 0.29) is 5.78 Å². The number of nitrogen functional groups attached to an aromatic ring is 1. The van der Waals surface area contributed by atoms with Crippen LogP contribution in [0.4, 0.5) is 5.69 Å². The Labute approximate surface area is 171 Å². The van der Waals surface area contributed by atoms with Gasteiger partial charge in [0.25, 0.3) is 0 Å². The van der Waals surface area contributed by atoms with E-state index in [9.17, 15) is 4.79 Å². The van der Waals surface area contributed by atoms with Crippen LogP contribution < -0.4 is 10.5 Å². The normalized spacial score (nSPS) is 18.3. The van der Waals surface area contributed by atoms with Gasteiger partial charge in [-0.15, -0.1) is 5.10 Å². The van der Waals surface area contributed by atoms with Crippen LogP contribution in [0.15, 0.2) is 64.7 Å². The molecule has 0 bridgehead atoms. The average Bonchev–Trinajstić information content (AvgIpc) is 3.43. The number of hydrogen-bond acceptors (Lipinski definition) is 7. The number of ether oxygens (including phenoxy) is 1. The SMILES string of the molecule is Nc1ccc(-c2nc3c4c(ncn3n2)OC2=C(C(=O)CCC2)C4c2ccco2)cc1. The van der Waals surface area contributed by atoms with Gasteiger partial charge in [0.2, 0.25) is 5.88 Å². The largest absolute Gasteiger partial charge is 0.468 e. The first-order chi connectivity index (χ1) is 14.7. The Kier molecular flexibility index (Phi) is 3.55. The molecule has 1 aliphatic carbocycles. The van der Waals surface area contributed by atoms with Gasteiger partial charge in [-0.1, -0.05) is 0 Å². The second-order valence-electron chi connectivity index (χ2n) is 7.45. The molecule has 30 heavy (non-hydrogen) atoms. The molecule has 2 aliphatic rings. The summed E-state index contributed by atoms with van der Waals surface area (Å²) in [6, 6.07) is 11.0. The van der Waals surface area contributed by atoms with Crippen molar-refractivity contribution < 1.29 is 13.9 Å². The molecule has 1 unspecified atom stereocenters. The Morgan fingerprint density at radius 1 is 1.13 bits per heavy atom. The number of Topliss-reactive ketones (excluding diaryl/α,β-unsaturated/α-hetero) is 1. The Morgan fingerprint density at radius 2 is 2.00 bits per heavy atom. The third kappa shape index (κ3) is 2.46. The van der Waals surface area contributed by atoms with Gasteiger partial charge >= 0.3 is 0 Å². The molecule has 0 radical (unpaired) electrons. The fraction of sp³-hybridized carbons (Fsp3) is 0.182. The molecule has 8 heteroatoms. The molecule has 0 amide bonds. The van der Waals surface area contributed by atoms with Crippen molar-refractivity contribution in [2.45, 2.75) is 25.2 Å². The highest BCUT2D eigenvalue weighted by atomic mass is 16.5. The quantitative estimate of drug-likeness (QED) is 0.514. The van der Waals surface area contributed by atoms with Gasteiger partial charge in [0.05, 0.1) is 17.7 Å². The number of aromatic nitrogens is 4. The van der Waals surface area contributed by atoms with Crippen LogP contribution in [0.1, 0.15) is 36.5 Å². The van der Waals surface area contributed by atoms with Crippen LogP contribution in [0.5, 0.6) is 5.88 Å². The molecule has 148 valence electrons. The van der Waals surface area contributed by atoms with Crippen LogP contribution in [-0.4, -0.2) is 25.4 Å². The number of ketones is 1. The average molecular weight is 399 g/mol. The highest BCUT2D eigenvalue weighted by Crippen LogP contribution is 2.47. The number of carbonyl (C=O) groups is 1. The van der Waals surface area contributed by atoms with Gasteiger partial charge in [-0.2, -0.15) is 0 Å². The van der Waals surface area contributed by atoms with E-state index in [1.165, 1.54) is 0 Å². The number of anilines is 1. The fourth-order valence-corrected chi connectivity index (χ4v) is 4.21. The van der Waals surface area contributed by atoms with Gasteiger partial charge in [-0.05, 0) is 42.8 Å². The van der Waals surface area contributed by atoms with E-state index >= 15 is 0 Å². The summed E-state index contributed by atoms with van der Waals surface area (Å²) in [4.78, 5) is 22.1. The zero-order valence-corrected chi connectivity index (χ0v) is 15.9. The third-order valence-electron chi connectivity index (χ3n) is 5.59. The minimum absolute atomic E-state index is 0.0728. The van der Waals surface area contributed by atoms with Crippen molar-refractivity contribution in [2.75, 3.05) is 5.73 Å². The lowest BCUT2D eigenvalue weighted by atomic mass is 9.80. The second-order valence-corrected chi connectivity index (χ2v) is 7.45. The number of benzene rings is 1. The summed E-state index contributed by atoms with van der Waals surface area (Å²) in [7, 11) is 0. The molecule has 0 saturated carbocycles. The van der Waals surface area contributed by atoms with Crippen LogP contribution in [0, 0.1) is 0 Å². The van der Waals surface area contributed by atoms with Crippen LogP contribution >= 0.6 is 0 Å². The zero-order chi connectivity index (χ0) is 20.2. The van der Waals surface area contributed by atoms with Crippen LogP contribution in [-0.2, 0) is 4.79 Å². The van der Waals surface area contributed by atoms with Crippen LogP contribution in [0.25, 0.3) is 17.0 Å². The van der Waals surface area contributed by atoms with Crippen molar-refractivity contribution >= 4 is 17.1 Å². The molecular formula is C22H17N5O3. The Bertz CT molecular complexity index is 1320. The van der Waals surface area contributed by atoms with Gasteiger partial charge in [-0.3, -0.25) is 4.79 Å². The molecule has 8 nitrogen and oxygen atoms in total. The Hall–Kier alpha value is -3.94. The number of carbonyl (C=O) groups excluding carboxylic acids is 1. The summed E-state index contributed by atoms with van der Waals surface area (Å²) in [5.41, 5.74) is 9.21. The van der Waals surface area contributed by atoms with E-state index in [0.29, 0.717) is 58.5 Å². The lowest BCUT2D eigenvalue weighted by molar-refractivity contribution is -0.116. The molecule has 3 aromatic heterocycles. The lowest BCUT2D eigenvalue weighted by Crippen LogP contribution is -2.26. The molecule has 1 aromatic carbocycles. The number of fused-ring (bicyclic) bond motifs is 3. The number of nitrogens with two attached hydrogens (primary N) is 1. The van der Waals surface area contributed by atoms with E-state index in [0.717, 1.165) is 12.0 Å². The zero-order valence-electron chi connectivity index (χ0n) is 15.9. The maximum absolute atomic E-state index is 12.9. The van der Waals surface area contributed by atoms with Gasteiger partial charge in [0, 0.05) is 29.7 Å². The van der Waals surface area contributed by atoms with Crippen molar-refractivity contribution in [2.24, 2.45) is 0 Å². The van der Waals surface area contributed by atoms with Crippen molar-refractivity contribution in [3.63, 3.8) is 0 Å². The molecule has 6 rings (SSSR count). The fourth-order valence-electron chi connectivity index (χ4n) is 4.21. The number of rotatable bonds is 2. The monoisotopic (exact) mass is 399 g/mol. The summed E-state index contributed by atoms with van der Waals surface area (Å²) in [6.45, 7) is 0. The highest BCUT2D eigenvalue weighted by molar-refractivity contribution is 5.99. The number of hydrogen-bond donors (Lipinski definition) is 1. The van der Waals surface area contributed by atoms with E-state index in [1.807, 2.05) is 24.3 Å². The van der Waals surface area contributed by atoms with Gasteiger partial charge in [-0.25, -0.2) is 14.5 Å². The molecular weight excluding hydrogens is 382 g/mol. The van der Waals surface area contributed by atoms with Crippen molar-refractivity contribution in [1.82, 2.24) is 19.6 Å². The summed E-state index contributed by atoms with van der Waals surface area (Å²) in [6.07, 6.45) is 5.15. The molecule has 4 aromatic rings. The molecule has 0 fully saturated rings. The summed E-state index contributed by atoms with van der Waals surface area (Å²) in [5.74, 6) is 1.96. The first kappa shape index (κ1) is 17.0. The van der Waals surface area contributed by atoms with Crippen molar-refractivity contribution in [1.29, 1.82) is 0 Å².